The quantitative estimate of drug-likeness (QED) is 0.865. The molecule has 0 spiro atoms. The number of anilines is 1. The molecule has 0 saturated carbocycles. The molecule has 0 fully saturated rings. The summed E-state index contributed by atoms with van der Waals surface area (Å²) in [4.78, 5) is 20.4. The van der Waals surface area contributed by atoms with Crippen molar-refractivity contribution in [1.29, 1.82) is 0 Å². The maximum Gasteiger partial charge on any atom is 0.338 e. The number of ether oxygens (including phenoxy) is 2. The van der Waals surface area contributed by atoms with Crippen molar-refractivity contribution in [2.75, 3.05) is 12.3 Å². The van der Waals surface area contributed by atoms with Crippen molar-refractivity contribution in [3.05, 3.63) is 47.4 Å². The maximum atomic E-state index is 12.4. The van der Waals surface area contributed by atoms with Gasteiger partial charge in [-0.2, -0.15) is 0 Å². The third kappa shape index (κ3) is 2.20. The highest BCUT2D eigenvalue weighted by Crippen LogP contribution is 2.44. The Morgan fingerprint density at radius 2 is 2.27 bits per heavy atom. The van der Waals surface area contributed by atoms with Gasteiger partial charge in [0.1, 0.15) is 23.7 Å². The topological polar surface area (TPSA) is 100 Å². The molecule has 2 N–H and O–H groups in total. The van der Waals surface area contributed by atoms with E-state index in [1.807, 2.05) is 0 Å². The van der Waals surface area contributed by atoms with E-state index in [9.17, 15) is 4.79 Å². The second kappa shape index (κ2) is 5.51. The summed E-state index contributed by atoms with van der Waals surface area (Å²) in [7, 11) is 0. The fourth-order valence-corrected chi connectivity index (χ4v) is 2.50. The molecule has 1 unspecified atom stereocenters. The van der Waals surface area contributed by atoms with Gasteiger partial charge in [0, 0.05) is 0 Å². The van der Waals surface area contributed by atoms with Crippen LogP contribution in [0.3, 0.4) is 0 Å². The normalized spacial score (nSPS) is 16.9. The molecular formula is C15H15N3O4. The Morgan fingerprint density at radius 3 is 2.95 bits per heavy atom. The Balaban J connectivity index is 2.20. The number of aromatic nitrogens is 2. The second-order valence-electron chi connectivity index (χ2n) is 4.72. The van der Waals surface area contributed by atoms with Crippen LogP contribution in [0, 0.1) is 0 Å². The molecule has 22 heavy (non-hydrogen) atoms. The van der Waals surface area contributed by atoms with E-state index in [0.717, 1.165) is 0 Å². The van der Waals surface area contributed by atoms with Crippen molar-refractivity contribution >= 4 is 11.8 Å². The van der Waals surface area contributed by atoms with Crippen LogP contribution >= 0.6 is 0 Å². The Hall–Kier alpha value is -2.83. The summed E-state index contributed by atoms with van der Waals surface area (Å²) in [5, 5.41) is 0. The van der Waals surface area contributed by atoms with E-state index in [2.05, 4.69) is 9.97 Å². The number of hydrogen-bond donors (Lipinski definition) is 1. The van der Waals surface area contributed by atoms with Gasteiger partial charge in [0.25, 0.3) is 0 Å². The van der Waals surface area contributed by atoms with Gasteiger partial charge in [-0.05, 0) is 26.0 Å². The molecule has 7 nitrogen and oxygen atoms in total. The number of nitrogens with zero attached hydrogens (tertiary/aromatic N) is 2. The predicted molar refractivity (Wildman–Crippen MR) is 77.0 cm³/mol. The number of allylic oxidation sites excluding steroid dienone is 1. The number of carbonyl (C=O) groups excluding carboxylic acids is 1. The number of furan rings is 1. The fraction of sp³-hybridized carbons (Fsp3) is 0.267. The summed E-state index contributed by atoms with van der Waals surface area (Å²) in [6.07, 6.45) is 2.85. The third-order valence-electron chi connectivity index (χ3n) is 3.41. The number of nitrogen functional groups attached to an aromatic ring is 1. The number of carbonyl (C=O) groups is 1. The summed E-state index contributed by atoms with van der Waals surface area (Å²) >= 11 is 0. The summed E-state index contributed by atoms with van der Waals surface area (Å²) in [6.45, 7) is 3.68. The molecule has 2 aromatic rings. The fourth-order valence-electron chi connectivity index (χ4n) is 2.50. The molecule has 0 aromatic carbocycles. The lowest BCUT2D eigenvalue weighted by Crippen LogP contribution is -2.24. The Bertz CT molecular complexity index is 737. The Morgan fingerprint density at radius 1 is 1.45 bits per heavy atom. The molecule has 0 aliphatic carbocycles. The molecule has 0 amide bonds. The summed E-state index contributed by atoms with van der Waals surface area (Å²) < 4.78 is 16.2. The highest BCUT2D eigenvalue weighted by Gasteiger charge is 2.38. The number of nitrogens with two attached hydrogens (primary N) is 1. The second-order valence-corrected chi connectivity index (χ2v) is 4.72. The molecule has 0 bridgehead atoms. The first-order valence-corrected chi connectivity index (χ1v) is 6.83. The van der Waals surface area contributed by atoms with E-state index < -0.39 is 11.9 Å². The lowest BCUT2D eigenvalue weighted by Gasteiger charge is -2.26. The lowest BCUT2D eigenvalue weighted by molar-refractivity contribution is -0.139. The van der Waals surface area contributed by atoms with Gasteiger partial charge in [0.2, 0.25) is 5.88 Å². The first-order chi connectivity index (χ1) is 10.6. The van der Waals surface area contributed by atoms with Crippen LogP contribution in [-0.2, 0) is 9.53 Å². The van der Waals surface area contributed by atoms with Crippen molar-refractivity contribution in [3.8, 4) is 5.88 Å². The van der Waals surface area contributed by atoms with Gasteiger partial charge in [-0.1, -0.05) is 0 Å². The maximum absolute atomic E-state index is 12.4. The molecule has 7 heteroatoms. The highest BCUT2D eigenvalue weighted by atomic mass is 16.5. The highest BCUT2D eigenvalue weighted by molar-refractivity contribution is 5.92. The molecule has 1 aliphatic rings. The van der Waals surface area contributed by atoms with Crippen LogP contribution in [0.15, 0.2) is 40.5 Å². The largest absolute Gasteiger partial charge is 0.468 e. The van der Waals surface area contributed by atoms with E-state index in [1.54, 1.807) is 26.0 Å². The SMILES string of the molecule is CCOC(=O)C1=C(C)Oc2ncnc(N)c2C1c1ccco1. The summed E-state index contributed by atoms with van der Waals surface area (Å²) in [5.74, 6) is 0.480. The van der Waals surface area contributed by atoms with Gasteiger partial charge in [-0.25, -0.2) is 14.8 Å². The van der Waals surface area contributed by atoms with Crippen molar-refractivity contribution in [1.82, 2.24) is 9.97 Å². The number of hydrogen-bond acceptors (Lipinski definition) is 7. The zero-order valence-electron chi connectivity index (χ0n) is 12.2. The molecule has 0 radical (unpaired) electrons. The van der Waals surface area contributed by atoms with Gasteiger partial charge in [0.05, 0.1) is 29.9 Å². The molecular weight excluding hydrogens is 286 g/mol. The Labute approximate surface area is 126 Å². The lowest BCUT2D eigenvalue weighted by atomic mass is 9.87. The molecule has 3 heterocycles. The molecule has 1 aliphatic heterocycles. The molecule has 0 saturated heterocycles. The first-order valence-electron chi connectivity index (χ1n) is 6.83. The summed E-state index contributed by atoms with van der Waals surface area (Å²) in [5.41, 5.74) is 6.82. The summed E-state index contributed by atoms with van der Waals surface area (Å²) in [6, 6.07) is 3.50. The van der Waals surface area contributed by atoms with Gasteiger partial charge in [0.15, 0.2) is 0 Å². The minimum Gasteiger partial charge on any atom is -0.468 e. The number of rotatable bonds is 3. The van der Waals surface area contributed by atoms with E-state index in [4.69, 9.17) is 19.6 Å². The van der Waals surface area contributed by atoms with Crippen LogP contribution in [0.5, 0.6) is 5.88 Å². The molecule has 2 aromatic heterocycles. The van der Waals surface area contributed by atoms with Crippen LogP contribution in [0.4, 0.5) is 5.82 Å². The minimum atomic E-state index is -0.556. The number of fused-ring (bicyclic) bond motifs is 1. The average Bonchev–Trinajstić information content (AvgIpc) is 3.00. The van der Waals surface area contributed by atoms with Gasteiger partial charge >= 0.3 is 5.97 Å². The zero-order chi connectivity index (χ0) is 15.7. The van der Waals surface area contributed by atoms with E-state index in [0.29, 0.717) is 28.5 Å². The van der Waals surface area contributed by atoms with E-state index in [1.165, 1.54) is 12.6 Å². The standard InChI is InChI=1S/C15H15N3O4/c1-3-20-15(19)10-8(2)22-14-12(13(16)17-7-18-14)11(10)9-5-4-6-21-9/h4-7,11H,3H2,1-2H3,(H2,16,17,18). The Kier molecular flexibility index (Phi) is 3.54. The van der Waals surface area contributed by atoms with Crippen molar-refractivity contribution in [3.63, 3.8) is 0 Å². The van der Waals surface area contributed by atoms with Gasteiger partial charge in [-0.15, -0.1) is 0 Å². The average molecular weight is 301 g/mol. The van der Waals surface area contributed by atoms with Crippen molar-refractivity contribution < 1.29 is 18.7 Å². The minimum absolute atomic E-state index is 0.237. The van der Waals surface area contributed by atoms with E-state index in [-0.39, 0.29) is 12.4 Å². The monoisotopic (exact) mass is 301 g/mol. The molecule has 3 rings (SSSR count). The third-order valence-corrected chi connectivity index (χ3v) is 3.41. The first kappa shape index (κ1) is 14.1. The van der Waals surface area contributed by atoms with Crippen molar-refractivity contribution in [2.24, 2.45) is 0 Å². The smallest absolute Gasteiger partial charge is 0.338 e. The number of esters is 1. The molecule has 1 atom stereocenters. The zero-order valence-corrected chi connectivity index (χ0v) is 12.2. The van der Waals surface area contributed by atoms with Gasteiger partial charge < -0.3 is 19.6 Å². The van der Waals surface area contributed by atoms with E-state index >= 15 is 0 Å². The van der Waals surface area contributed by atoms with Crippen LogP contribution in [0.2, 0.25) is 0 Å². The van der Waals surface area contributed by atoms with Crippen LogP contribution in [0.25, 0.3) is 0 Å². The van der Waals surface area contributed by atoms with Crippen molar-refractivity contribution in [2.45, 2.75) is 19.8 Å². The van der Waals surface area contributed by atoms with Crippen LogP contribution in [-0.4, -0.2) is 22.5 Å². The predicted octanol–water partition coefficient (Wildman–Crippen LogP) is 2.01. The van der Waals surface area contributed by atoms with Crippen LogP contribution in [0.1, 0.15) is 31.1 Å². The molecule has 114 valence electrons. The van der Waals surface area contributed by atoms with Crippen LogP contribution < -0.4 is 10.5 Å². The van der Waals surface area contributed by atoms with Gasteiger partial charge in [-0.3, -0.25) is 0 Å².